The molecule has 0 saturated carbocycles. The van der Waals surface area contributed by atoms with Crippen molar-refractivity contribution < 1.29 is 13.9 Å². The highest BCUT2D eigenvalue weighted by molar-refractivity contribution is 6.33. The zero-order valence-corrected chi connectivity index (χ0v) is 13.3. The smallest absolute Gasteiger partial charge is 0.254 e. The molecule has 23 heavy (non-hydrogen) atoms. The number of benzene rings is 2. The van der Waals surface area contributed by atoms with E-state index in [-0.39, 0.29) is 6.61 Å². The van der Waals surface area contributed by atoms with Crippen molar-refractivity contribution in [3.63, 3.8) is 0 Å². The first-order valence-corrected chi connectivity index (χ1v) is 7.57. The molecule has 1 heterocycles. The minimum atomic E-state index is 0.186. The lowest BCUT2D eigenvalue weighted by Gasteiger charge is -2.05. The molecule has 0 amide bonds. The van der Waals surface area contributed by atoms with Crippen LogP contribution in [0.4, 0.5) is 0 Å². The van der Waals surface area contributed by atoms with Crippen molar-refractivity contribution in [1.29, 1.82) is 0 Å². The number of rotatable bonds is 6. The average Bonchev–Trinajstić information content (AvgIpc) is 3.04. The number of hydrogen-bond acceptors (Lipinski definition) is 5. The fourth-order valence-corrected chi connectivity index (χ4v) is 2.22. The predicted molar refractivity (Wildman–Crippen MR) is 86.7 cm³/mol. The second kappa shape index (κ2) is 7.15. The topological polar surface area (TPSA) is 57.4 Å². The Bertz CT molecular complexity index is 772. The lowest BCUT2D eigenvalue weighted by Crippen LogP contribution is -1.96. The quantitative estimate of drug-likeness (QED) is 0.671. The molecule has 0 aliphatic rings. The molecular formula is C17H15ClN2O3. The van der Waals surface area contributed by atoms with E-state index < -0.39 is 0 Å². The molecule has 118 valence electrons. The SMILES string of the molecule is CCOc1ccc(OCc2nnc(-c3ccccc3Cl)o2)cc1. The summed E-state index contributed by atoms with van der Waals surface area (Å²) in [4.78, 5) is 0. The summed E-state index contributed by atoms with van der Waals surface area (Å²) >= 11 is 6.11. The van der Waals surface area contributed by atoms with Gasteiger partial charge in [-0.2, -0.15) is 0 Å². The van der Waals surface area contributed by atoms with Crippen LogP contribution < -0.4 is 9.47 Å². The molecule has 6 heteroatoms. The summed E-state index contributed by atoms with van der Waals surface area (Å²) in [6, 6.07) is 14.7. The summed E-state index contributed by atoms with van der Waals surface area (Å²) in [7, 11) is 0. The van der Waals surface area contributed by atoms with Crippen molar-refractivity contribution in [3.8, 4) is 23.0 Å². The highest BCUT2D eigenvalue weighted by atomic mass is 35.5. The van der Waals surface area contributed by atoms with Crippen LogP contribution in [0.2, 0.25) is 5.02 Å². The van der Waals surface area contributed by atoms with E-state index in [0.717, 1.165) is 5.75 Å². The Balaban J connectivity index is 1.64. The highest BCUT2D eigenvalue weighted by Gasteiger charge is 2.11. The van der Waals surface area contributed by atoms with E-state index in [9.17, 15) is 0 Å². The van der Waals surface area contributed by atoms with E-state index in [1.54, 1.807) is 6.07 Å². The molecule has 0 spiro atoms. The highest BCUT2D eigenvalue weighted by Crippen LogP contribution is 2.26. The van der Waals surface area contributed by atoms with Crippen LogP contribution in [0.5, 0.6) is 11.5 Å². The minimum Gasteiger partial charge on any atom is -0.494 e. The number of ether oxygens (including phenoxy) is 2. The Morgan fingerprint density at radius 1 is 0.957 bits per heavy atom. The Hall–Kier alpha value is -2.53. The average molecular weight is 331 g/mol. The van der Waals surface area contributed by atoms with Gasteiger partial charge in [0.25, 0.3) is 5.89 Å². The van der Waals surface area contributed by atoms with Crippen molar-refractivity contribution in [2.45, 2.75) is 13.5 Å². The Kier molecular flexibility index (Phi) is 4.78. The monoisotopic (exact) mass is 330 g/mol. The minimum absolute atomic E-state index is 0.186. The van der Waals surface area contributed by atoms with E-state index in [1.165, 1.54) is 0 Å². The van der Waals surface area contributed by atoms with Gasteiger partial charge in [0, 0.05) is 0 Å². The molecular weight excluding hydrogens is 316 g/mol. The zero-order valence-electron chi connectivity index (χ0n) is 12.5. The second-order valence-corrected chi connectivity index (χ2v) is 5.08. The molecule has 0 aliphatic carbocycles. The summed E-state index contributed by atoms with van der Waals surface area (Å²) in [6.07, 6.45) is 0. The van der Waals surface area contributed by atoms with Gasteiger partial charge in [-0.25, -0.2) is 0 Å². The first-order chi connectivity index (χ1) is 11.3. The van der Waals surface area contributed by atoms with Crippen LogP contribution in [0.1, 0.15) is 12.8 Å². The van der Waals surface area contributed by atoms with E-state index in [1.807, 2.05) is 49.4 Å². The maximum absolute atomic E-state index is 6.11. The first kappa shape index (κ1) is 15.4. The largest absolute Gasteiger partial charge is 0.494 e. The molecule has 0 aliphatic heterocycles. The van der Waals surface area contributed by atoms with Crippen LogP contribution in [-0.2, 0) is 6.61 Å². The van der Waals surface area contributed by atoms with Gasteiger partial charge < -0.3 is 13.9 Å². The van der Waals surface area contributed by atoms with Gasteiger partial charge in [-0.1, -0.05) is 23.7 Å². The number of halogens is 1. The van der Waals surface area contributed by atoms with Crippen molar-refractivity contribution in [3.05, 3.63) is 59.4 Å². The number of hydrogen-bond donors (Lipinski definition) is 0. The lowest BCUT2D eigenvalue weighted by atomic mass is 10.2. The normalized spacial score (nSPS) is 10.5. The fourth-order valence-electron chi connectivity index (χ4n) is 2.00. The molecule has 3 rings (SSSR count). The Morgan fingerprint density at radius 3 is 2.35 bits per heavy atom. The molecule has 0 saturated heterocycles. The van der Waals surface area contributed by atoms with Crippen LogP contribution in [0.25, 0.3) is 11.5 Å². The third kappa shape index (κ3) is 3.81. The molecule has 0 radical (unpaired) electrons. The first-order valence-electron chi connectivity index (χ1n) is 7.19. The summed E-state index contributed by atoms with van der Waals surface area (Å²) in [5.41, 5.74) is 0.703. The van der Waals surface area contributed by atoms with Crippen molar-refractivity contribution in [2.75, 3.05) is 6.61 Å². The van der Waals surface area contributed by atoms with Gasteiger partial charge in [0.15, 0.2) is 6.61 Å². The van der Waals surface area contributed by atoms with Gasteiger partial charge in [0.05, 0.1) is 17.2 Å². The van der Waals surface area contributed by atoms with Gasteiger partial charge in [-0.15, -0.1) is 10.2 Å². The molecule has 0 fully saturated rings. The number of nitrogens with zero attached hydrogens (tertiary/aromatic N) is 2. The summed E-state index contributed by atoms with van der Waals surface area (Å²) in [5, 5.41) is 8.53. The van der Waals surface area contributed by atoms with Crippen molar-refractivity contribution in [2.24, 2.45) is 0 Å². The van der Waals surface area contributed by atoms with Crippen LogP contribution in [-0.4, -0.2) is 16.8 Å². The van der Waals surface area contributed by atoms with Gasteiger partial charge >= 0.3 is 0 Å². The summed E-state index contributed by atoms with van der Waals surface area (Å²) in [5.74, 6) is 2.26. The molecule has 2 aromatic carbocycles. The van der Waals surface area contributed by atoms with Gasteiger partial charge in [0.2, 0.25) is 5.89 Å². The van der Waals surface area contributed by atoms with Crippen LogP contribution >= 0.6 is 11.6 Å². The fraction of sp³-hybridized carbons (Fsp3) is 0.176. The van der Waals surface area contributed by atoms with E-state index in [2.05, 4.69) is 10.2 Å². The molecule has 1 aromatic heterocycles. The molecule has 0 bridgehead atoms. The summed E-state index contributed by atoms with van der Waals surface area (Å²) < 4.78 is 16.6. The third-order valence-corrected chi connectivity index (χ3v) is 3.40. The van der Waals surface area contributed by atoms with E-state index in [0.29, 0.717) is 34.7 Å². The van der Waals surface area contributed by atoms with Crippen molar-refractivity contribution >= 4 is 11.6 Å². The maximum Gasteiger partial charge on any atom is 0.254 e. The lowest BCUT2D eigenvalue weighted by molar-refractivity contribution is 0.264. The van der Waals surface area contributed by atoms with E-state index in [4.69, 9.17) is 25.5 Å². The van der Waals surface area contributed by atoms with Crippen LogP contribution in [0.3, 0.4) is 0 Å². The number of aromatic nitrogens is 2. The second-order valence-electron chi connectivity index (χ2n) is 4.67. The molecule has 3 aromatic rings. The third-order valence-electron chi connectivity index (χ3n) is 3.07. The zero-order chi connectivity index (χ0) is 16.1. The van der Waals surface area contributed by atoms with Gasteiger partial charge in [-0.3, -0.25) is 0 Å². The van der Waals surface area contributed by atoms with Gasteiger partial charge in [-0.05, 0) is 43.3 Å². The molecule has 0 N–H and O–H groups in total. The van der Waals surface area contributed by atoms with Gasteiger partial charge in [0.1, 0.15) is 11.5 Å². The van der Waals surface area contributed by atoms with Crippen LogP contribution in [0.15, 0.2) is 52.9 Å². The Labute approximate surface area is 138 Å². The maximum atomic E-state index is 6.11. The summed E-state index contributed by atoms with van der Waals surface area (Å²) in [6.45, 7) is 2.76. The van der Waals surface area contributed by atoms with E-state index >= 15 is 0 Å². The molecule has 5 nitrogen and oxygen atoms in total. The molecule has 0 atom stereocenters. The standard InChI is InChI=1S/C17H15ClN2O3/c1-2-21-12-7-9-13(10-8-12)22-11-16-19-20-17(23-16)14-5-3-4-6-15(14)18/h3-10H,2,11H2,1H3. The molecule has 0 unspecified atom stereocenters. The van der Waals surface area contributed by atoms with Crippen molar-refractivity contribution in [1.82, 2.24) is 10.2 Å². The Morgan fingerprint density at radius 2 is 1.65 bits per heavy atom. The predicted octanol–water partition coefficient (Wildman–Crippen LogP) is 4.37. The van der Waals surface area contributed by atoms with Crippen LogP contribution in [0, 0.1) is 0 Å².